The molecule has 18 heavy (non-hydrogen) atoms. The molecule has 2 aromatic heterocycles. The largest absolute Gasteiger partial charge is 0.479 e. The van der Waals surface area contributed by atoms with Crippen LogP contribution in [0.3, 0.4) is 0 Å². The summed E-state index contributed by atoms with van der Waals surface area (Å²) in [4.78, 5) is 15.3. The lowest BCUT2D eigenvalue weighted by atomic mass is 10.1. The molecule has 0 aliphatic heterocycles. The average molecular weight is 311 g/mol. The van der Waals surface area contributed by atoms with E-state index in [1.54, 1.807) is 32.3 Å². The number of halogens is 1. The highest BCUT2D eigenvalue weighted by Gasteiger charge is 2.30. The van der Waals surface area contributed by atoms with Gasteiger partial charge in [-0.15, -0.1) is 5.10 Å². The van der Waals surface area contributed by atoms with Crippen LogP contribution in [0, 0.1) is 0 Å². The highest BCUT2D eigenvalue weighted by molar-refractivity contribution is 9.10. The summed E-state index contributed by atoms with van der Waals surface area (Å²) in [5.74, 6) is -0.970. The van der Waals surface area contributed by atoms with Gasteiger partial charge in [0.2, 0.25) is 0 Å². The van der Waals surface area contributed by atoms with Crippen molar-refractivity contribution < 1.29 is 9.90 Å². The van der Waals surface area contributed by atoms with Crippen LogP contribution in [-0.2, 0) is 10.3 Å². The standard InChI is InChI=1S/C11H11BrN4O2/c1-11(2,10(17)18)16-6-9(14-15-16)8-4-3-7(12)5-13-8/h3-6H,1-2H3,(H,17,18). The molecular formula is C11H11BrN4O2. The third-order valence-electron chi connectivity index (χ3n) is 2.58. The van der Waals surface area contributed by atoms with E-state index in [0.29, 0.717) is 11.4 Å². The van der Waals surface area contributed by atoms with Crippen LogP contribution >= 0.6 is 15.9 Å². The fourth-order valence-electron chi connectivity index (χ4n) is 1.28. The summed E-state index contributed by atoms with van der Waals surface area (Å²) in [6.45, 7) is 3.12. The van der Waals surface area contributed by atoms with E-state index >= 15 is 0 Å². The molecule has 2 heterocycles. The summed E-state index contributed by atoms with van der Waals surface area (Å²) >= 11 is 3.29. The van der Waals surface area contributed by atoms with Crippen LogP contribution in [0.1, 0.15) is 13.8 Å². The van der Waals surface area contributed by atoms with Crippen molar-refractivity contribution in [1.29, 1.82) is 0 Å². The second-order valence-corrected chi connectivity index (χ2v) is 5.19. The third-order valence-corrected chi connectivity index (χ3v) is 3.05. The Morgan fingerprint density at radius 2 is 2.11 bits per heavy atom. The second-order valence-electron chi connectivity index (χ2n) is 4.27. The maximum Gasteiger partial charge on any atom is 0.331 e. The Morgan fingerprint density at radius 3 is 2.67 bits per heavy atom. The van der Waals surface area contributed by atoms with Gasteiger partial charge in [-0.1, -0.05) is 5.21 Å². The van der Waals surface area contributed by atoms with Crippen LogP contribution in [0.5, 0.6) is 0 Å². The first-order valence-corrected chi connectivity index (χ1v) is 5.98. The van der Waals surface area contributed by atoms with Gasteiger partial charge in [-0.2, -0.15) is 0 Å². The Hall–Kier alpha value is -1.76. The average Bonchev–Trinajstić information content (AvgIpc) is 2.79. The van der Waals surface area contributed by atoms with Crippen molar-refractivity contribution in [2.24, 2.45) is 0 Å². The number of carbonyl (C=O) groups is 1. The molecule has 2 rings (SSSR count). The topological polar surface area (TPSA) is 80.9 Å². The van der Waals surface area contributed by atoms with Gasteiger partial charge in [0.15, 0.2) is 5.54 Å². The quantitative estimate of drug-likeness (QED) is 0.936. The summed E-state index contributed by atoms with van der Waals surface area (Å²) < 4.78 is 2.18. The van der Waals surface area contributed by atoms with Crippen LogP contribution in [0.15, 0.2) is 29.0 Å². The number of pyridine rings is 1. The van der Waals surface area contributed by atoms with E-state index in [4.69, 9.17) is 5.11 Å². The van der Waals surface area contributed by atoms with E-state index in [1.165, 1.54) is 4.68 Å². The summed E-state index contributed by atoms with van der Waals surface area (Å²) in [7, 11) is 0. The Labute approximate surface area is 112 Å². The minimum atomic E-state index is -1.14. The molecule has 0 saturated carbocycles. The van der Waals surface area contributed by atoms with Gasteiger partial charge in [0.25, 0.3) is 0 Å². The molecule has 0 bridgehead atoms. The molecule has 0 amide bonds. The number of hydrogen-bond donors (Lipinski definition) is 1. The van der Waals surface area contributed by atoms with Crippen molar-refractivity contribution in [3.8, 4) is 11.4 Å². The van der Waals surface area contributed by atoms with Crippen molar-refractivity contribution in [3.63, 3.8) is 0 Å². The molecular weight excluding hydrogens is 300 g/mol. The summed E-state index contributed by atoms with van der Waals surface area (Å²) in [5, 5.41) is 16.9. The van der Waals surface area contributed by atoms with Crippen LogP contribution in [0.25, 0.3) is 11.4 Å². The van der Waals surface area contributed by atoms with Crippen molar-refractivity contribution in [2.75, 3.05) is 0 Å². The molecule has 0 atom stereocenters. The number of aliphatic carboxylic acids is 1. The molecule has 94 valence electrons. The van der Waals surface area contributed by atoms with E-state index < -0.39 is 11.5 Å². The van der Waals surface area contributed by atoms with Crippen LogP contribution in [-0.4, -0.2) is 31.1 Å². The number of aromatic nitrogens is 4. The molecule has 2 aromatic rings. The summed E-state index contributed by atoms with van der Waals surface area (Å²) in [6, 6.07) is 3.62. The minimum Gasteiger partial charge on any atom is -0.479 e. The first-order valence-electron chi connectivity index (χ1n) is 5.19. The van der Waals surface area contributed by atoms with E-state index in [-0.39, 0.29) is 0 Å². The summed E-state index contributed by atoms with van der Waals surface area (Å²) in [6.07, 6.45) is 3.22. The number of nitrogens with zero attached hydrogens (tertiary/aromatic N) is 4. The first-order chi connectivity index (χ1) is 8.41. The molecule has 7 heteroatoms. The Morgan fingerprint density at radius 1 is 1.39 bits per heavy atom. The second kappa shape index (κ2) is 4.49. The third kappa shape index (κ3) is 2.26. The van der Waals surface area contributed by atoms with Gasteiger partial charge in [0, 0.05) is 10.7 Å². The van der Waals surface area contributed by atoms with Crippen LogP contribution < -0.4 is 0 Å². The fraction of sp³-hybridized carbons (Fsp3) is 0.273. The van der Waals surface area contributed by atoms with E-state index in [2.05, 4.69) is 31.2 Å². The molecule has 0 aliphatic rings. The molecule has 0 aromatic carbocycles. The highest BCUT2D eigenvalue weighted by Crippen LogP contribution is 2.20. The molecule has 0 radical (unpaired) electrons. The molecule has 0 fully saturated rings. The molecule has 6 nitrogen and oxygen atoms in total. The minimum absolute atomic E-state index is 0.539. The monoisotopic (exact) mass is 310 g/mol. The molecule has 0 spiro atoms. The van der Waals surface area contributed by atoms with Gasteiger partial charge in [0.1, 0.15) is 5.69 Å². The predicted octanol–water partition coefficient (Wildman–Crippen LogP) is 1.92. The number of carboxylic acid groups (broad SMARTS) is 1. The highest BCUT2D eigenvalue weighted by atomic mass is 79.9. The van der Waals surface area contributed by atoms with Gasteiger partial charge < -0.3 is 5.11 Å². The zero-order valence-electron chi connectivity index (χ0n) is 9.83. The molecule has 0 unspecified atom stereocenters. The van der Waals surface area contributed by atoms with E-state index in [9.17, 15) is 4.79 Å². The van der Waals surface area contributed by atoms with Crippen LogP contribution in [0.4, 0.5) is 0 Å². The number of carboxylic acids is 1. The van der Waals surface area contributed by atoms with Crippen molar-refractivity contribution in [1.82, 2.24) is 20.0 Å². The molecule has 0 aliphatic carbocycles. The lowest BCUT2D eigenvalue weighted by Crippen LogP contribution is -2.36. The van der Waals surface area contributed by atoms with Crippen LogP contribution in [0.2, 0.25) is 0 Å². The first kappa shape index (κ1) is 12.7. The molecule has 1 N–H and O–H groups in total. The number of hydrogen-bond acceptors (Lipinski definition) is 4. The Balaban J connectivity index is 2.37. The van der Waals surface area contributed by atoms with Gasteiger partial charge in [-0.25, -0.2) is 9.48 Å². The van der Waals surface area contributed by atoms with E-state index in [0.717, 1.165) is 4.47 Å². The maximum absolute atomic E-state index is 11.1. The van der Waals surface area contributed by atoms with Crippen molar-refractivity contribution in [2.45, 2.75) is 19.4 Å². The van der Waals surface area contributed by atoms with Gasteiger partial charge in [-0.05, 0) is 41.9 Å². The lowest BCUT2D eigenvalue weighted by Gasteiger charge is -2.18. The van der Waals surface area contributed by atoms with Gasteiger partial charge >= 0.3 is 5.97 Å². The zero-order chi connectivity index (χ0) is 13.3. The Bertz CT molecular complexity index is 577. The zero-order valence-corrected chi connectivity index (χ0v) is 11.4. The van der Waals surface area contributed by atoms with Crippen molar-refractivity contribution >= 4 is 21.9 Å². The Kier molecular flexibility index (Phi) is 3.16. The normalized spacial score (nSPS) is 11.5. The fourth-order valence-corrected chi connectivity index (χ4v) is 1.51. The predicted molar refractivity (Wildman–Crippen MR) is 67.9 cm³/mol. The summed E-state index contributed by atoms with van der Waals surface area (Å²) in [5.41, 5.74) is 0.0446. The van der Waals surface area contributed by atoms with Gasteiger partial charge in [0.05, 0.1) is 11.9 Å². The maximum atomic E-state index is 11.1. The smallest absolute Gasteiger partial charge is 0.331 e. The van der Waals surface area contributed by atoms with E-state index in [1.807, 2.05) is 6.07 Å². The van der Waals surface area contributed by atoms with Crippen molar-refractivity contribution in [3.05, 3.63) is 29.0 Å². The SMILES string of the molecule is CC(C)(C(=O)O)n1cc(-c2ccc(Br)cn2)nn1. The lowest BCUT2D eigenvalue weighted by molar-refractivity contribution is -0.146. The molecule has 0 saturated heterocycles. The van der Waals surface area contributed by atoms with Gasteiger partial charge in [-0.3, -0.25) is 4.98 Å². The number of rotatable bonds is 3.